The predicted octanol–water partition coefficient (Wildman–Crippen LogP) is 4.20. The smallest absolute Gasteiger partial charge is 0.229 e. The average Bonchev–Trinajstić information content (AvgIpc) is 2.84. The van der Waals surface area contributed by atoms with Gasteiger partial charge in [0.2, 0.25) is 10.0 Å². The summed E-state index contributed by atoms with van der Waals surface area (Å²) in [5.41, 5.74) is 2.05. The van der Waals surface area contributed by atoms with Gasteiger partial charge >= 0.3 is 0 Å². The zero-order valence-corrected chi connectivity index (χ0v) is 23.0. The molecule has 2 aromatic rings. The molecule has 11 heteroatoms. The highest BCUT2D eigenvalue weighted by molar-refractivity contribution is 7.92. The standard InChI is InChI=1S/C25H32Cl2N6O2S/c1-3-22-17-32(25-24(27)13-21(15-29-25)30-36(2,34)35)10-11-33(22)23-6-8-31(9-7-23)16-18-4-5-20(26)12-19(18)14-28/h4-5,12-13,15,22-23,30H,3,6-11,16-17H2,1-2H3/t22-/m0/s1. The lowest BCUT2D eigenvalue weighted by Gasteiger charge is -2.47. The summed E-state index contributed by atoms with van der Waals surface area (Å²) in [4.78, 5) is 11.7. The third kappa shape index (κ3) is 6.61. The van der Waals surface area contributed by atoms with Gasteiger partial charge in [0.15, 0.2) is 0 Å². The number of anilines is 2. The van der Waals surface area contributed by atoms with Gasteiger partial charge in [0.25, 0.3) is 0 Å². The fraction of sp³-hybridized carbons (Fsp3) is 0.520. The molecule has 194 valence electrons. The predicted molar refractivity (Wildman–Crippen MR) is 145 cm³/mol. The minimum atomic E-state index is -3.38. The van der Waals surface area contributed by atoms with Crippen molar-refractivity contribution >= 4 is 44.7 Å². The van der Waals surface area contributed by atoms with Crippen LogP contribution in [0.1, 0.15) is 37.3 Å². The van der Waals surface area contributed by atoms with Gasteiger partial charge in [0.05, 0.1) is 34.8 Å². The largest absolute Gasteiger partial charge is 0.353 e. The van der Waals surface area contributed by atoms with Crippen molar-refractivity contribution < 1.29 is 8.42 Å². The first-order chi connectivity index (χ1) is 17.2. The number of sulfonamides is 1. The van der Waals surface area contributed by atoms with Crippen LogP contribution >= 0.6 is 23.2 Å². The number of rotatable bonds is 7. The van der Waals surface area contributed by atoms with Gasteiger partial charge in [-0.15, -0.1) is 0 Å². The number of likely N-dealkylation sites (tertiary alicyclic amines) is 1. The molecule has 1 N–H and O–H groups in total. The Morgan fingerprint density at radius 2 is 1.92 bits per heavy atom. The van der Waals surface area contributed by atoms with Crippen LogP contribution in [0.25, 0.3) is 0 Å². The minimum Gasteiger partial charge on any atom is -0.353 e. The molecule has 0 bridgehead atoms. The maximum absolute atomic E-state index is 11.5. The highest BCUT2D eigenvalue weighted by Crippen LogP contribution is 2.31. The van der Waals surface area contributed by atoms with Crippen molar-refractivity contribution in [2.45, 2.75) is 44.8 Å². The van der Waals surface area contributed by atoms with Crippen LogP contribution < -0.4 is 9.62 Å². The Morgan fingerprint density at radius 3 is 2.56 bits per heavy atom. The van der Waals surface area contributed by atoms with Gasteiger partial charge in [-0.3, -0.25) is 14.5 Å². The molecule has 3 heterocycles. The maximum atomic E-state index is 11.5. The van der Waals surface area contributed by atoms with Gasteiger partial charge in [-0.1, -0.05) is 36.2 Å². The van der Waals surface area contributed by atoms with Crippen molar-refractivity contribution in [1.29, 1.82) is 5.26 Å². The zero-order chi connectivity index (χ0) is 25.9. The van der Waals surface area contributed by atoms with Crippen LogP contribution in [-0.4, -0.2) is 74.3 Å². The molecule has 0 spiro atoms. The molecular weight excluding hydrogens is 519 g/mol. The van der Waals surface area contributed by atoms with E-state index in [1.807, 2.05) is 12.1 Å². The second-order valence-corrected chi connectivity index (χ2v) is 12.2. The quantitative estimate of drug-likeness (QED) is 0.552. The van der Waals surface area contributed by atoms with Gasteiger partial charge in [-0.05, 0) is 56.1 Å². The topological polar surface area (TPSA) is 92.6 Å². The van der Waals surface area contributed by atoms with Crippen molar-refractivity contribution in [3.05, 3.63) is 51.6 Å². The fourth-order valence-corrected chi connectivity index (χ4v) is 6.28. The van der Waals surface area contributed by atoms with Crippen molar-refractivity contribution in [1.82, 2.24) is 14.8 Å². The number of aromatic nitrogens is 1. The lowest BCUT2D eigenvalue weighted by atomic mass is 9.97. The van der Waals surface area contributed by atoms with Gasteiger partial charge in [0, 0.05) is 43.3 Å². The lowest BCUT2D eigenvalue weighted by molar-refractivity contribution is 0.0610. The van der Waals surface area contributed by atoms with E-state index in [4.69, 9.17) is 23.2 Å². The Labute approximate surface area is 223 Å². The number of hydrogen-bond acceptors (Lipinski definition) is 7. The highest BCUT2D eigenvalue weighted by Gasteiger charge is 2.34. The highest BCUT2D eigenvalue weighted by atomic mass is 35.5. The van der Waals surface area contributed by atoms with E-state index in [0.717, 1.165) is 70.4 Å². The third-order valence-electron chi connectivity index (χ3n) is 7.04. The molecule has 0 amide bonds. The Balaban J connectivity index is 1.35. The van der Waals surface area contributed by atoms with Crippen molar-refractivity contribution in [3.8, 4) is 6.07 Å². The summed E-state index contributed by atoms with van der Waals surface area (Å²) in [6.45, 7) is 7.56. The number of nitrogens with one attached hydrogen (secondary N) is 1. The fourth-order valence-electron chi connectivity index (χ4n) is 5.28. The van der Waals surface area contributed by atoms with E-state index in [1.165, 1.54) is 6.20 Å². The van der Waals surface area contributed by atoms with Crippen LogP contribution in [0.4, 0.5) is 11.5 Å². The number of benzene rings is 1. The summed E-state index contributed by atoms with van der Waals surface area (Å²) in [5.74, 6) is 0.694. The van der Waals surface area contributed by atoms with Crippen LogP contribution in [0.15, 0.2) is 30.5 Å². The molecule has 8 nitrogen and oxygen atoms in total. The molecule has 2 aliphatic rings. The number of piperidine rings is 1. The SMILES string of the molecule is CC[C@H]1CN(c2ncc(NS(C)(=O)=O)cc2Cl)CCN1C1CCN(Cc2ccc(Cl)cc2C#N)CC1. The maximum Gasteiger partial charge on any atom is 0.229 e. The Bertz CT molecular complexity index is 1230. The first kappa shape index (κ1) is 27.0. The molecule has 0 aliphatic carbocycles. The Morgan fingerprint density at radius 1 is 1.17 bits per heavy atom. The molecule has 4 rings (SSSR count). The van der Waals surface area contributed by atoms with Gasteiger partial charge in [-0.2, -0.15) is 5.26 Å². The molecule has 0 unspecified atom stereocenters. The van der Waals surface area contributed by atoms with Gasteiger partial charge in [-0.25, -0.2) is 13.4 Å². The number of hydrogen-bond donors (Lipinski definition) is 1. The van der Waals surface area contributed by atoms with E-state index in [1.54, 1.807) is 12.1 Å². The van der Waals surface area contributed by atoms with Crippen molar-refractivity contribution in [2.75, 3.05) is 48.6 Å². The summed E-state index contributed by atoms with van der Waals surface area (Å²) in [6.07, 6.45) is 5.83. The molecular formula is C25H32Cl2N6O2S. The van der Waals surface area contributed by atoms with Gasteiger partial charge in [0.1, 0.15) is 5.82 Å². The summed E-state index contributed by atoms with van der Waals surface area (Å²) in [5, 5.41) is 10.5. The van der Waals surface area contributed by atoms with E-state index < -0.39 is 10.0 Å². The van der Waals surface area contributed by atoms with Crippen molar-refractivity contribution in [3.63, 3.8) is 0 Å². The van der Waals surface area contributed by atoms with E-state index in [-0.39, 0.29) is 0 Å². The first-order valence-corrected chi connectivity index (χ1v) is 14.9. The van der Waals surface area contributed by atoms with E-state index in [0.29, 0.717) is 39.2 Å². The zero-order valence-electron chi connectivity index (χ0n) is 20.6. The van der Waals surface area contributed by atoms with Gasteiger partial charge < -0.3 is 4.90 Å². The van der Waals surface area contributed by atoms with Crippen LogP contribution in [0, 0.1) is 11.3 Å². The van der Waals surface area contributed by atoms with Crippen molar-refractivity contribution in [2.24, 2.45) is 0 Å². The summed E-state index contributed by atoms with van der Waals surface area (Å²) < 4.78 is 25.4. The monoisotopic (exact) mass is 550 g/mol. The number of nitriles is 1. The summed E-state index contributed by atoms with van der Waals surface area (Å²) >= 11 is 12.5. The number of halogens is 2. The molecule has 1 atom stereocenters. The minimum absolute atomic E-state index is 0.365. The van der Waals surface area contributed by atoms with E-state index in [9.17, 15) is 13.7 Å². The second kappa shape index (κ2) is 11.5. The molecule has 2 saturated heterocycles. The third-order valence-corrected chi connectivity index (χ3v) is 8.16. The molecule has 1 aromatic heterocycles. The molecule has 2 fully saturated rings. The normalized spacial score (nSPS) is 20.3. The van der Waals surface area contributed by atoms with Crippen LogP contribution in [-0.2, 0) is 16.6 Å². The number of piperazine rings is 1. The second-order valence-electron chi connectivity index (χ2n) is 9.57. The lowest BCUT2D eigenvalue weighted by Crippen LogP contribution is -2.58. The van der Waals surface area contributed by atoms with Crippen LogP contribution in [0.5, 0.6) is 0 Å². The molecule has 0 radical (unpaired) electrons. The van der Waals surface area contributed by atoms with Crippen LogP contribution in [0.3, 0.4) is 0 Å². The number of pyridine rings is 1. The molecule has 1 aromatic carbocycles. The summed E-state index contributed by atoms with van der Waals surface area (Å²) in [7, 11) is -3.38. The molecule has 36 heavy (non-hydrogen) atoms. The Kier molecular flexibility index (Phi) is 8.63. The van der Waals surface area contributed by atoms with E-state index >= 15 is 0 Å². The average molecular weight is 552 g/mol. The van der Waals surface area contributed by atoms with E-state index in [2.05, 4.69) is 37.4 Å². The van der Waals surface area contributed by atoms with Crippen LogP contribution in [0.2, 0.25) is 10.0 Å². The first-order valence-electron chi connectivity index (χ1n) is 12.2. The molecule has 0 saturated carbocycles. The Hall–Kier alpha value is -2.09. The molecule has 2 aliphatic heterocycles. The number of nitrogens with zero attached hydrogens (tertiary/aromatic N) is 5. The summed E-state index contributed by atoms with van der Waals surface area (Å²) in [6, 6.07) is 10.4.